The van der Waals surface area contributed by atoms with Gasteiger partial charge in [0.15, 0.2) is 5.78 Å². The Morgan fingerprint density at radius 1 is 1.11 bits per heavy atom. The first-order chi connectivity index (χ1) is 16.3. The summed E-state index contributed by atoms with van der Waals surface area (Å²) in [6.07, 6.45) is -10.8. The van der Waals surface area contributed by atoms with Crippen molar-refractivity contribution in [3.63, 3.8) is 0 Å². The largest absolute Gasteiger partial charge is 0.416 e. The highest BCUT2D eigenvalue weighted by molar-refractivity contribution is 9.10. The molecule has 3 rings (SSSR count). The standard InChI is InChI=1S/C22H19BrF7NO4S/c1-11(36(33,34)35)8-20(14-2-3-18(24)17(23)7-14)9-13(10-31-20)19(32)12-4-15(21(25,26)27)6-16(5-12)22(28,29)30/h2-7,11,13,31H,8-10H2,1H3,(H,33,34,35)/t11?,13-,20+/m1/s1. The molecule has 0 radical (unpaired) electrons. The number of benzene rings is 2. The number of rotatable bonds is 6. The van der Waals surface area contributed by atoms with Gasteiger partial charge in [0.05, 0.1) is 20.8 Å². The van der Waals surface area contributed by atoms with Crippen LogP contribution in [0.3, 0.4) is 0 Å². The molecule has 1 saturated heterocycles. The lowest BCUT2D eigenvalue weighted by Crippen LogP contribution is -2.41. The van der Waals surface area contributed by atoms with Crippen LogP contribution in [0.1, 0.15) is 46.8 Å². The Labute approximate surface area is 209 Å². The monoisotopic (exact) mass is 605 g/mol. The van der Waals surface area contributed by atoms with E-state index in [0.717, 1.165) is 6.07 Å². The maximum atomic E-state index is 13.8. The average molecular weight is 606 g/mol. The summed E-state index contributed by atoms with van der Waals surface area (Å²) in [5, 5.41) is 1.57. The SMILES string of the molecule is CC(C[C@@]1(c2ccc(F)c(Br)c2)C[C@@H](C(=O)c2cc(C(F)(F)F)cc(C(F)(F)F)c2)CN1)S(=O)(=O)O. The predicted molar refractivity (Wildman–Crippen MR) is 118 cm³/mol. The van der Waals surface area contributed by atoms with E-state index in [1.165, 1.54) is 19.1 Å². The molecule has 1 heterocycles. The van der Waals surface area contributed by atoms with Gasteiger partial charge in [-0.15, -0.1) is 0 Å². The van der Waals surface area contributed by atoms with Crippen LogP contribution in [0.5, 0.6) is 0 Å². The summed E-state index contributed by atoms with van der Waals surface area (Å²) in [7, 11) is -4.55. The molecule has 3 atom stereocenters. The normalized spacial score (nSPS) is 22.0. The number of carbonyl (C=O) groups is 1. The molecule has 2 aromatic carbocycles. The van der Waals surface area contributed by atoms with Gasteiger partial charge >= 0.3 is 12.4 Å². The summed E-state index contributed by atoms with van der Waals surface area (Å²) in [5.41, 5.74) is -5.13. The van der Waals surface area contributed by atoms with E-state index in [4.69, 9.17) is 0 Å². The topological polar surface area (TPSA) is 83.5 Å². The van der Waals surface area contributed by atoms with Gasteiger partial charge < -0.3 is 5.32 Å². The molecule has 0 amide bonds. The Morgan fingerprint density at radius 2 is 1.67 bits per heavy atom. The average Bonchev–Trinajstić information content (AvgIpc) is 3.18. The zero-order chi connectivity index (χ0) is 27.3. The number of hydrogen-bond acceptors (Lipinski definition) is 4. The number of nitrogens with one attached hydrogen (secondary N) is 1. The fraction of sp³-hybridized carbons (Fsp3) is 0.409. The van der Waals surface area contributed by atoms with Crippen molar-refractivity contribution < 1.29 is 48.5 Å². The van der Waals surface area contributed by atoms with E-state index in [9.17, 15) is 48.5 Å². The maximum absolute atomic E-state index is 13.8. The summed E-state index contributed by atoms with van der Waals surface area (Å²) >= 11 is 3.01. The summed E-state index contributed by atoms with van der Waals surface area (Å²) < 4.78 is 126. The summed E-state index contributed by atoms with van der Waals surface area (Å²) in [4.78, 5) is 13.1. The number of Topliss-reactive ketones (excluding diaryl/α,β-unsaturated/α-hetero) is 1. The van der Waals surface area contributed by atoms with Gasteiger partial charge in [-0.3, -0.25) is 9.35 Å². The molecule has 0 bridgehead atoms. The number of ketones is 1. The molecule has 1 aliphatic rings. The van der Waals surface area contributed by atoms with E-state index < -0.39 is 67.5 Å². The Hall–Kier alpha value is -2.03. The minimum Gasteiger partial charge on any atom is -0.307 e. The van der Waals surface area contributed by atoms with E-state index in [0.29, 0.717) is 17.7 Å². The van der Waals surface area contributed by atoms with Gasteiger partial charge in [0, 0.05) is 23.6 Å². The highest BCUT2D eigenvalue weighted by Gasteiger charge is 2.46. The molecule has 5 nitrogen and oxygen atoms in total. The Bertz CT molecular complexity index is 1250. The second-order valence-corrected chi connectivity index (χ2v) is 11.4. The van der Waals surface area contributed by atoms with Crippen LogP contribution in [0.4, 0.5) is 30.7 Å². The molecule has 0 aliphatic carbocycles. The van der Waals surface area contributed by atoms with Crippen molar-refractivity contribution in [3.05, 3.63) is 68.9 Å². The molecule has 1 fully saturated rings. The van der Waals surface area contributed by atoms with Crippen molar-refractivity contribution in [1.82, 2.24) is 5.32 Å². The molecular weight excluding hydrogens is 587 g/mol. The maximum Gasteiger partial charge on any atom is 0.416 e. The highest BCUT2D eigenvalue weighted by atomic mass is 79.9. The Kier molecular flexibility index (Phi) is 7.68. The number of alkyl halides is 6. The molecule has 2 N–H and O–H groups in total. The fourth-order valence-electron chi connectivity index (χ4n) is 4.28. The molecular formula is C22H19BrF7NO4S. The van der Waals surface area contributed by atoms with Crippen molar-refractivity contribution >= 4 is 31.8 Å². The predicted octanol–water partition coefficient (Wildman–Crippen LogP) is 5.98. The minimum atomic E-state index is -5.14. The van der Waals surface area contributed by atoms with Crippen molar-refractivity contribution in [2.24, 2.45) is 5.92 Å². The molecule has 2 aromatic rings. The van der Waals surface area contributed by atoms with Gasteiger partial charge in [-0.25, -0.2) is 4.39 Å². The lowest BCUT2D eigenvalue weighted by Gasteiger charge is -2.32. The van der Waals surface area contributed by atoms with E-state index in [2.05, 4.69) is 21.2 Å². The first-order valence-corrected chi connectivity index (χ1v) is 12.6. The Morgan fingerprint density at radius 3 is 2.14 bits per heavy atom. The van der Waals surface area contributed by atoms with Crippen LogP contribution in [0, 0.1) is 11.7 Å². The third kappa shape index (κ3) is 6.09. The molecule has 198 valence electrons. The van der Waals surface area contributed by atoms with Gasteiger partial charge in [0.1, 0.15) is 5.82 Å². The van der Waals surface area contributed by atoms with Gasteiger partial charge in [0.25, 0.3) is 10.1 Å². The zero-order valence-electron chi connectivity index (χ0n) is 18.3. The van der Waals surface area contributed by atoms with Crippen LogP contribution in [0.2, 0.25) is 0 Å². The first-order valence-electron chi connectivity index (χ1n) is 10.3. The van der Waals surface area contributed by atoms with Crippen LogP contribution >= 0.6 is 15.9 Å². The fourth-order valence-corrected chi connectivity index (χ4v) is 5.16. The second kappa shape index (κ2) is 9.69. The second-order valence-electron chi connectivity index (χ2n) is 8.68. The number of carbonyl (C=O) groups excluding carboxylic acids is 1. The van der Waals surface area contributed by atoms with Crippen molar-refractivity contribution in [2.75, 3.05) is 6.54 Å². The first kappa shape index (κ1) is 28.5. The number of halogens is 8. The molecule has 0 spiro atoms. The van der Waals surface area contributed by atoms with Crippen LogP contribution in [0.25, 0.3) is 0 Å². The van der Waals surface area contributed by atoms with Gasteiger partial charge in [-0.05, 0) is 71.6 Å². The number of hydrogen-bond donors (Lipinski definition) is 2. The van der Waals surface area contributed by atoms with E-state index in [1.54, 1.807) is 0 Å². The third-order valence-corrected chi connectivity index (χ3v) is 7.93. The van der Waals surface area contributed by atoms with Gasteiger partial charge in [-0.1, -0.05) is 6.07 Å². The Balaban J connectivity index is 2.04. The van der Waals surface area contributed by atoms with E-state index >= 15 is 0 Å². The van der Waals surface area contributed by atoms with Crippen LogP contribution in [-0.2, 0) is 28.0 Å². The minimum absolute atomic E-state index is 0.00292. The molecule has 1 unspecified atom stereocenters. The smallest absolute Gasteiger partial charge is 0.307 e. The zero-order valence-corrected chi connectivity index (χ0v) is 20.7. The lowest BCUT2D eigenvalue weighted by atomic mass is 9.80. The van der Waals surface area contributed by atoms with Crippen molar-refractivity contribution in [3.8, 4) is 0 Å². The third-order valence-electron chi connectivity index (χ3n) is 6.14. The lowest BCUT2D eigenvalue weighted by molar-refractivity contribution is -0.143. The summed E-state index contributed by atoms with van der Waals surface area (Å²) in [6.45, 7) is 0.971. The quantitative estimate of drug-likeness (QED) is 0.240. The molecule has 0 saturated carbocycles. The molecule has 1 aliphatic heterocycles. The van der Waals surface area contributed by atoms with Crippen LogP contribution in [0.15, 0.2) is 40.9 Å². The highest BCUT2D eigenvalue weighted by Crippen LogP contribution is 2.42. The van der Waals surface area contributed by atoms with Gasteiger partial charge in [0.2, 0.25) is 0 Å². The van der Waals surface area contributed by atoms with Crippen LogP contribution in [-0.4, -0.2) is 30.5 Å². The van der Waals surface area contributed by atoms with Crippen molar-refractivity contribution in [2.45, 2.75) is 42.9 Å². The molecule has 0 aromatic heterocycles. The van der Waals surface area contributed by atoms with E-state index in [-0.39, 0.29) is 29.9 Å². The summed E-state index contributed by atoms with van der Waals surface area (Å²) in [6, 6.07) is 4.29. The van der Waals surface area contributed by atoms with Gasteiger partial charge in [-0.2, -0.15) is 34.8 Å². The van der Waals surface area contributed by atoms with E-state index in [1.807, 2.05) is 0 Å². The molecule has 36 heavy (non-hydrogen) atoms. The van der Waals surface area contributed by atoms with Crippen molar-refractivity contribution in [1.29, 1.82) is 0 Å². The van der Waals surface area contributed by atoms with Crippen LogP contribution < -0.4 is 5.32 Å². The molecule has 14 heteroatoms. The summed E-state index contributed by atoms with van der Waals surface area (Å²) in [5.74, 6) is -2.81.